The van der Waals surface area contributed by atoms with Crippen LogP contribution in [0.1, 0.15) is 44.1 Å². The molecule has 1 aromatic carbocycles. The summed E-state index contributed by atoms with van der Waals surface area (Å²) in [5.74, 6) is 0.0119. The Labute approximate surface area is 154 Å². The first-order valence-corrected chi connectivity index (χ1v) is 9.72. The summed E-state index contributed by atoms with van der Waals surface area (Å²) in [5, 5.41) is 6.09. The number of carbonyl (C=O) groups excluding carboxylic acids is 2. The first-order chi connectivity index (χ1) is 12.7. The van der Waals surface area contributed by atoms with Crippen LogP contribution in [0.5, 0.6) is 0 Å². The van der Waals surface area contributed by atoms with Crippen LogP contribution in [0, 0.1) is 0 Å². The van der Waals surface area contributed by atoms with Gasteiger partial charge in [-0.15, -0.1) is 0 Å². The summed E-state index contributed by atoms with van der Waals surface area (Å²) in [6.07, 6.45) is 5.67. The van der Waals surface area contributed by atoms with Gasteiger partial charge in [-0.1, -0.05) is 30.3 Å². The lowest BCUT2D eigenvalue weighted by molar-refractivity contribution is -0.124. The minimum absolute atomic E-state index is 0.0119. The van der Waals surface area contributed by atoms with Crippen LogP contribution in [0.3, 0.4) is 0 Å². The molecule has 2 aliphatic carbocycles. The van der Waals surface area contributed by atoms with Crippen LogP contribution < -0.4 is 10.6 Å². The monoisotopic (exact) mass is 357 g/mol. The fraction of sp³-hybridized carbons (Fsp3) is 0.600. The van der Waals surface area contributed by atoms with Crippen LogP contribution in [0.25, 0.3) is 0 Å². The fourth-order valence-electron chi connectivity index (χ4n) is 3.67. The number of hydrogen-bond acceptors (Lipinski definition) is 3. The molecule has 1 unspecified atom stereocenters. The van der Waals surface area contributed by atoms with Crippen molar-refractivity contribution >= 4 is 11.9 Å². The van der Waals surface area contributed by atoms with Gasteiger partial charge in [0.2, 0.25) is 5.91 Å². The van der Waals surface area contributed by atoms with Crippen LogP contribution in [0.15, 0.2) is 30.3 Å². The van der Waals surface area contributed by atoms with Crippen molar-refractivity contribution in [2.75, 3.05) is 6.54 Å². The Balaban J connectivity index is 1.18. The first-order valence-electron chi connectivity index (χ1n) is 9.72. The van der Waals surface area contributed by atoms with Crippen molar-refractivity contribution in [3.63, 3.8) is 0 Å². The quantitative estimate of drug-likeness (QED) is 0.820. The van der Waals surface area contributed by atoms with Crippen LogP contribution in [-0.2, 0) is 16.1 Å². The van der Waals surface area contributed by atoms with Crippen molar-refractivity contribution in [3.8, 4) is 0 Å². The Bertz CT molecular complexity index is 641. The fourth-order valence-corrected chi connectivity index (χ4v) is 3.67. The minimum Gasteiger partial charge on any atom is -0.373 e. The van der Waals surface area contributed by atoms with Crippen molar-refractivity contribution in [1.29, 1.82) is 0 Å². The predicted molar refractivity (Wildman–Crippen MR) is 97.5 cm³/mol. The molecular weight excluding hydrogens is 330 g/mol. The van der Waals surface area contributed by atoms with E-state index in [4.69, 9.17) is 4.74 Å². The Morgan fingerprint density at radius 2 is 1.81 bits per heavy atom. The van der Waals surface area contributed by atoms with E-state index in [0.29, 0.717) is 19.2 Å². The molecule has 2 N–H and O–H groups in total. The molecule has 2 saturated carbocycles. The highest BCUT2D eigenvalue weighted by Crippen LogP contribution is 2.26. The molecular formula is C20H27N3O3. The van der Waals surface area contributed by atoms with Gasteiger partial charge in [-0.3, -0.25) is 4.79 Å². The average Bonchev–Trinajstić information content (AvgIpc) is 3.28. The van der Waals surface area contributed by atoms with Gasteiger partial charge >= 0.3 is 6.03 Å². The van der Waals surface area contributed by atoms with E-state index in [-0.39, 0.29) is 30.1 Å². The number of carbonyl (C=O) groups is 2. The van der Waals surface area contributed by atoms with Crippen LogP contribution in [-0.4, -0.2) is 47.6 Å². The smallest absolute Gasteiger partial charge is 0.318 e. The van der Waals surface area contributed by atoms with Gasteiger partial charge in [0.05, 0.1) is 12.7 Å². The standard InChI is InChI=1S/C20H27N3O3/c24-19(21-15-8-9-15)18-7-4-10-23(18)20(25)22-16-11-17(12-16)26-13-14-5-2-1-3-6-14/h1-3,5-6,15-18H,4,7-13H2,(H,21,24)(H,22,25). The highest BCUT2D eigenvalue weighted by molar-refractivity contribution is 5.88. The number of amides is 3. The predicted octanol–water partition coefficient (Wildman–Crippen LogP) is 2.19. The molecule has 26 heavy (non-hydrogen) atoms. The van der Waals surface area contributed by atoms with E-state index in [0.717, 1.165) is 38.5 Å². The van der Waals surface area contributed by atoms with Crippen molar-refractivity contribution in [1.82, 2.24) is 15.5 Å². The molecule has 6 heteroatoms. The second kappa shape index (κ2) is 7.66. The molecule has 1 atom stereocenters. The molecule has 1 aromatic rings. The largest absolute Gasteiger partial charge is 0.373 e. The average molecular weight is 357 g/mol. The molecule has 140 valence electrons. The van der Waals surface area contributed by atoms with E-state index in [2.05, 4.69) is 22.8 Å². The summed E-state index contributed by atoms with van der Waals surface area (Å²) >= 11 is 0. The summed E-state index contributed by atoms with van der Waals surface area (Å²) in [6, 6.07) is 10.2. The van der Waals surface area contributed by atoms with Crippen molar-refractivity contribution in [3.05, 3.63) is 35.9 Å². The SMILES string of the molecule is O=C(NC1CC1)C1CCCN1C(=O)NC1CC(OCc2ccccc2)C1. The third kappa shape index (κ3) is 4.18. The summed E-state index contributed by atoms with van der Waals surface area (Å²) in [7, 11) is 0. The third-order valence-corrected chi connectivity index (χ3v) is 5.49. The van der Waals surface area contributed by atoms with Gasteiger partial charge < -0.3 is 20.3 Å². The summed E-state index contributed by atoms with van der Waals surface area (Å²) in [5.41, 5.74) is 1.17. The second-order valence-corrected chi connectivity index (χ2v) is 7.67. The van der Waals surface area contributed by atoms with Crippen LogP contribution >= 0.6 is 0 Å². The number of nitrogens with zero attached hydrogens (tertiary/aromatic N) is 1. The number of ether oxygens (including phenoxy) is 1. The minimum atomic E-state index is -0.305. The number of likely N-dealkylation sites (tertiary alicyclic amines) is 1. The number of rotatable bonds is 6. The molecule has 3 aliphatic rings. The molecule has 6 nitrogen and oxygen atoms in total. The zero-order chi connectivity index (χ0) is 17.9. The molecule has 0 radical (unpaired) electrons. The number of nitrogens with one attached hydrogen (secondary N) is 2. The molecule has 3 fully saturated rings. The highest BCUT2D eigenvalue weighted by atomic mass is 16.5. The Morgan fingerprint density at radius 1 is 1.04 bits per heavy atom. The van der Waals surface area contributed by atoms with Gasteiger partial charge in [-0.2, -0.15) is 0 Å². The lowest BCUT2D eigenvalue weighted by atomic mass is 9.89. The van der Waals surface area contributed by atoms with Crippen LogP contribution in [0.2, 0.25) is 0 Å². The zero-order valence-electron chi connectivity index (χ0n) is 15.0. The molecule has 0 spiro atoms. The molecule has 1 aliphatic heterocycles. The third-order valence-electron chi connectivity index (χ3n) is 5.49. The molecule has 0 aromatic heterocycles. The summed E-state index contributed by atoms with van der Waals surface area (Å²) in [6.45, 7) is 1.27. The number of hydrogen-bond donors (Lipinski definition) is 2. The maximum Gasteiger partial charge on any atom is 0.318 e. The van der Waals surface area contributed by atoms with Crippen molar-refractivity contribution < 1.29 is 14.3 Å². The number of urea groups is 1. The van der Waals surface area contributed by atoms with Gasteiger partial charge in [0, 0.05) is 18.6 Å². The van der Waals surface area contributed by atoms with Gasteiger partial charge in [0.25, 0.3) is 0 Å². The number of benzene rings is 1. The highest BCUT2D eigenvalue weighted by Gasteiger charge is 2.38. The van der Waals surface area contributed by atoms with E-state index in [1.807, 2.05) is 18.2 Å². The summed E-state index contributed by atoms with van der Waals surface area (Å²) in [4.78, 5) is 26.5. The lowest BCUT2D eigenvalue weighted by Gasteiger charge is -2.37. The zero-order valence-corrected chi connectivity index (χ0v) is 15.0. The molecule has 4 rings (SSSR count). The first kappa shape index (κ1) is 17.3. The van der Waals surface area contributed by atoms with Gasteiger partial charge in [-0.25, -0.2) is 4.79 Å². The second-order valence-electron chi connectivity index (χ2n) is 7.67. The molecule has 1 heterocycles. The molecule has 0 bridgehead atoms. The van der Waals surface area contributed by atoms with Crippen molar-refractivity contribution in [2.45, 2.75) is 69.4 Å². The van der Waals surface area contributed by atoms with E-state index in [9.17, 15) is 9.59 Å². The topological polar surface area (TPSA) is 70.7 Å². The van der Waals surface area contributed by atoms with E-state index in [1.54, 1.807) is 4.90 Å². The Kier molecular flexibility index (Phi) is 5.11. The van der Waals surface area contributed by atoms with E-state index < -0.39 is 0 Å². The van der Waals surface area contributed by atoms with Crippen molar-refractivity contribution in [2.24, 2.45) is 0 Å². The van der Waals surface area contributed by atoms with Gasteiger partial charge in [-0.05, 0) is 44.1 Å². The van der Waals surface area contributed by atoms with Gasteiger partial charge in [0.1, 0.15) is 6.04 Å². The van der Waals surface area contributed by atoms with Gasteiger partial charge in [0.15, 0.2) is 0 Å². The molecule has 3 amide bonds. The maximum atomic E-state index is 12.5. The van der Waals surface area contributed by atoms with E-state index >= 15 is 0 Å². The Hall–Kier alpha value is -2.08. The van der Waals surface area contributed by atoms with Crippen LogP contribution in [0.4, 0.5) is 4.79 Å². The molecule has 1 saturated heterocycles. The maximum absolute atomic E-state index is 12.5. The summed E-state index contributed by atoms with van der Waals surface area (Å²) < 4.78 is 5.88. The lowest BCUT2D eigenvalue weighted by Crippen LogP contribution is -2.55. The van der Waals surface area contributed by atoms with E-state index in [1.165, 1.54) is 5.56 Å². The normalized spacial score (nSPS) is 27.7. The Morgan fingerprint density at radius 3 is 2.54 bits per heavy atom.